The zero-order valence-electron chi connectivity index (χ0n) is 11.7. The number of amides is 2. The molecular weight excluding hydrogens is 244 g/mol. The number of aliphatic carboxylic acids is 1. The molecule has 0 aromatic heterocycles. The van der Waals surface area contributed by atoms with Crippen molar-refractivity contribution in [3.05, 3.63) is 0 Å². The maximum absolute atomic E-state index is 12.5. The van der Waals surface area contributed by atoms with Crippen molar-refractivity contribution in [2.75, 3.05) is 19.6 Å². The minimum absolute atomic E-state index is 0.0573. The number of carboxylic acid groups (broad SMARTS) is 1. The van der Waals surface area contributed by atoms with Crippen LogP contribution >= 0.6 is 0 Å². The van der Waals surface area contributed by atoms with Gasteiger partial charge in [-0.15, -0.1) is 0 Å². The molecule has 1 aliphatic carbocycles. The molecule has 0 aromatic carbocycles. The number of nitrogens with zero attached hydrogens (tertiary/aromatic N) is 2. The van der Waals surface area contributed by atoms with Crippen LogP contribution in [-0.4, -0.2) is 52.6 Å². The van der Waals surface area contributed by atoms with Crippen LogP contribution < -0.4 is 0 Å². The molecular formula is C14H24N2O3. The summed E-state index contributed by atoms with van der Waals surface area (Å²) < 4.78 is 0. The molecule has 1 saturated heterocycles. The molecule has 5 nitrogen and oxygen atoms in total. The molecule has 0 aromatic rings. The molecule has 2 aliphatic rings. The van der Waals surface area contributed by atoms with Gasteiger partial charge >= 0.3 is 12.0 Å². The predicted molar refractivity (Wildman–Crippen MR) is 72.0 cm³/mol. The Morgan fingerprint density at radius 1 is 1.32 bits per heavy atom. The number of hydrogen-bond acceptors (Lipinski definition) is 2. The van der Waals surface area contributed by atoms with Gasteiger partial charge in [-0.1, -0.05) is 13.3 Å². The van der Waals surface area contributed by atoms with Gasteiger partial charge in [0.05, 0.1) is 5.92 Å². The molecule has 0 radical (unpaired) electrons. The molecule has 19 heavy (non-hydrogen) atoms. The maximum atomic E-state index is 12.5. The number of carboxylic acids is 1. The fourth-order valence-corrected chi connectivity index (χ4v) is 2.68. The van der Waals surface area contributed by atoms with Gasteiger partial charge in [-0.25, -0.2) is 4.79 Å². The molecule has 2 amide bonds. The number of hydrogen-bond donors (Lipinski definition) is 1. The Hall–Kier alpha value is -1.26. The lowest BCUT2D eigenvalue weighted by Gasteiger charge is -2.35. The normalized spacial score (nSPS) is 23.2. The number of carbonyl (C=O) groups excluding carboxylic acids is 1. The quantitative estimate of drug-likeness (QED) is 0.831. The van der Waals surface area contributed by atoms with Gasteiger partial charge in [-0.2, -0.15) is 0 Å². The van der Waals surface area contributed by atoms with Gasteiger partial charge in [-0.3, -0.25) is 4.79 Å². The first-order valence-corrected chi connectivity index (χ1v) is 7.41. The Labute approximate surface area is 114 Å². The van der Waals surface area contributed by atoms with Gasteiger partial charge < -0.3 is 14.9 Å². The van der Waals surface area contributed by atoms with Crippen LogP contribution in [0.5, 0.6) is 0 Å². The summed E-state index contributed by atoms with van der Waals surface area (Å²) in [6, 6.07) is 0.464. The van der Waals surface area contributed by atoms with Crippen molar-refractivity contribution in [1.29, 1.82) is 0 Å². The number of urea groups is 1. The molecule has 2 fully saturated rings. The van der Waals surface area contributed by atoms with Gasteiger partial charge in [0.25, 0.3) is 0 Å². The van der Waals surface area contributed by atoms with Crippen LogP contribution in [0, 0.1) is 5.92 Å². The third-order valence-corrected chi connectivity index (χ3v) is 4.03. The Morgan fingerprint density at radius 2 is 2.05 bits per heavy atom. The van der Waals surface area contributed by atoms with E-state index < -0.39 is 5.97 Å². The Balaban J connectivity index is 1.94. The second kappa shape index (κ2) is 6.26. The summed E-state index contributed by atoms with van der Waals surface area (Å²) in [5.74, 6) is -1.16. The predicted octanol–water partition coefficient (Wildman–Crippen LogP) is 2.17. The number of rotatable bonds is 5. The molecule has 2 rings (SSSR count). The smallest absolute Gasteiger partial charge is 0.320 e. The average Bonchev–Trinajstić information content (AvgIpc) is 3.23. The van der Waals surface area contributed by atoms with Crippen molar-refractivity contribution in [2.45, 2.75) is 51.5 Å². The van der Waals surface area contributed by atoms with E-state index in [1.165, 1.54) is 0 Å². The molecule has 1 saturated carbocycles. The molecule has 108 valence electrons. The second-order valence-electron chi connectivity index (χ2n) is 5.68. The number of likely N-dealkylation sites (tertiary alicyclic amines) is 1. The van der Waals surface area contributed by atoms with Crippen LogP contribution in [0.25, 0.3) is 0 Å². The zero-order valence-corrected chi connectivity index (χ0v) is 11.7. The summed E-state index contributed by atoms with van der Waals surface area (Å²) in [6.07, 6.45) is 5.80. The van der Waals surface area contributed by atoms with Crippen molar-refractivity contribution < 1.29 is 14.7 Å². The van der Waals surface area contributed by atoms with Gasteiger partial charge in [0.15, 0.2) is 0 Å². The highest BCUT2D eigenvalue weighted by molar-refractivity contribution is 5.77. The first-order valence-electron chi connectivity index (χ1n) is 7.41. The molecule has 1 heterocycles. The van der Waals surface area contributed by atoms with Crippen LogP contribution in [0.2, 0.25) is 0 Å². The highest BCUT2D eigenvalue weighted by Gasteiger charge is 2.36. The molecule has 0 unspecified atom stereocenters. The maximum Gasteiger partial charge on any atom is 0.320 e. The fraction of sp³-hybridized carbons (Fsp3) is 0.857. The van der Waals surface area contributed by atoms with E-state index in [-0.39, 0.29) is 11.9 Å². The van der Waals surface area contributed by atoms with E-state index in [1.807, 2.05) is 4.90 Å². The van der Waals surface area contributed by atoms with E-state index in [1.54, 1.807) is 4.90 Å². The van der Waals surface area contributed by atoms with E-state index >= 15 is 0 Å². The summed E-state index contributed by atoms with van der Waals surface area (Å²) in [4.78, 5) is 27.3. The summed E-state index contributed by atoms with van der Waals surface area (Å²) in [6.45, 7) is 4.02. The van der Waals surface area contributed by atoms with Gasteiger partial charge in [0.2, 0.25) is 0 Å². The molecule has 0 bridgehead atoms. The van der Waals surface area contributed by atoms with E-state index in [4.69, 9.17) is 5.11 Å². The van der Waals surface area contributed by atoms with E-state index in [0.717, 1.165) is 38.6 Å². The minimum Gasteiger partial charge on any atom is -0.481 e. The Morgan fingerprint density at radius 3 is 2.63 bits per heavy atom. The third-order valence-electron chi connectivity index (χ3n) is 4.03. The van der Waals surface area contributed by atoms with Crippen molar-refractivity contribution in [1.82, 2.24) is 9.80 Å². The number of unbranched alkanes of at least 4 members (excludes halogenated alkanes) is 1. The number of carbonyl (C=O) groups is 2. The van der Waals surface area contributed by atoms with Crippen molar-refractivity contribution >= 4 is 12.0 Å². The standard InChI is InChI=1S/C14H24N2O3/c1-2-3-9-16(12-6-7-12)14(19)15-8-4-5-11(10-15)13(17)18/h11-12H,2-10H2,1H3,(H,17,18)/t11-/m0/s1. The average molecular weight is 268 g/mol. The Kier molecular flexibility index (Phi) is 4.66. The van der Waals surface area contributed by atoms with Crippen molar-refractivity contribution in [2.24, 2.45) is 5.92 Å². The second-order valence-corrected chi connectivity index (χ2v) is 5.68. The van der Waals surface area contributed by atoms with Crippen molar-refractivity contribution in [3.63, 3.8) is 0 Å². The largest absolute Gasteiger partial charge is 0.481 e. The SMILES string of the molecule is CCCCN(C(=O)N1CCC[C@H](C(=O)O)C1)C1CC1. The summed E-state index contributed by atoms with van der Waals surface area (Å²) in [7, 11) is 0. The highest BCUT2D eigenvalue weighted by Crippen LogP contribution is 2.29. The summed E-state index contributed by atoms with van der Waals surface area (Å²) in [5.41, 5.74) is 0. The fourth-order valence-electron chi connectivity index (χ4n) is 2.68. The topological polar surface area (TPSA) is 60.9 Å². The van der Waals surface area contributed by atoms with Crippen LogP contribution in [0.4, 0.5) is 4.79 Å². The van der Waals surface area contributed by atoms with Crippen molar-refractivity contribution in [3.8, 4) is 0 Å². The molecule has 5 heteroatoms. The van der Waals surface area contributed by atoms with E-state index in [2.05, 4.69) is 6.92 Å². The monoisotopic (exact) mass is 268 g/mol. The third kappa shape index (κ3) is 3.61. The van der Waals surface area contributed by atoms with Crippen LogP contribution in [0.3, 0.4) is 0 Å². The van der Waals surface area contributed by atoms with Crippen LogP contribution in [0.15, 0.2) is 0 Å². The molecule has 1 atom stereocenters. The Bertz CT molecular complexity index is 342. The first-order chi connectivity index (χ1) is 9.13. The molecule has 1 N–H and O–H groups in total. The minimum atomic E-state index is -0.774. The zero-order chi connectivity index (χ0) is 13.8. The molecule has 1 aliphatic heterocycles. The summed E-state index contributed by atoms with van der Waals surface area (Å²) in [5, 5.41) is 9.09. The lowest BCUT2D eigenvalue weighted by molar-refractivity contribution is -0.143. The van der Waals surface area contributed by atoms with Crippen LogP contribution in [0.1, 0.15) is 45.4 Å². The molecule has 0 spiro atoms. The lowest BCUT2D eigenvalue weighted by Crippen LogP contribution is -2.49. The number of piperidine rings is 1. The first kappa shape index (κ1) is 14.2. The van der Waals surface area contributed by atoms with Gasteiger partial charge in [-0.05, 0) is 32.1 Å². The van der Waals surface area contributed by atoms with E-state index in [9.17, 15) is 9.59 Å². The summed E-state index contributed by atoms with van der Waals surface area (Å²) >= 11 is 0. The lowest BCUT2D eigenvalue weighted by atomic mass is 9.98. The van der Waals surface area contributed by atoms with Crippen LogP contribution in [-0.2, 0) is 4.79 Å². The van der Waals surface area contributed by atoms with Gasteiger partial charge in [0.1, 0.15) is 0 Å². The van der Waals surface area contributed by atoms with Gasteiger partial charge in [0, 0.05) is 25.7 Å². The highest BCUT2D eigenvalue weighted by atomic mass is 16.4. The van der Waals surface area contributed by atoms with E-state index in [0.29, 0.717) is 25.6 Å².